The third-order valence-corrected chi connectivity index (χ3v) is 3.83. The van der Waals surface area contributed by atoms with Gasteiger partial charge in [0, 0.05) is 18.0 Å². The van der Waals surface area contributed by atoms with Gasteiger partial charge >= 0.3 is 0 Å². The predicted octanol–water partition coefficient (Wildman–Crippen LogP) is 4.47. The second-order valence-electron chi connectivity index (χ2n) is 4.61. The largest absolute Gasteiger partial charge is 0.495 e. The number of para-hydroxylation sites is 2. The van der Waals surface area contributed by atoms with Crippen LogP contribution in [0.2, 0.25) is 5.02 Å². The quantitative estimate of drug-likeness (QED) is 0.663. The molecule has 0 bridgehead atoms. The van der Waals surface area contributed by atoms with E-state index in [1.54, 1.807) is 7.11 Å². The summed E-state index contributed by atoms with van der Waals surface area (Å²) in [5, 5.41) is 0.574. The van der Waals surface area contributed by atoms with Crippen LogP contribution in [0.5, 0.6) is 5.75 Å². The molecule has 1 heterocycles. The number of alkyl halides is 1. The van der Waals surface area contributed by atoms with E-state index >= 15 is 0 Å². The van der Waals surface area contributed by atoms with E-state index in [0.29, 0.717) is 23.1 Å². The van der Waals surface area contributed by atoms with E-state index in [4.69, 9.17) is 27.9 Å². The van der Waals surface area contributed by atoms with E-state index in [9.17, 15) is 0 Å². The van der Waals surface area contributed by atoms with E-state index < -0.39 is 0 Å². The fourth-order valence-electron chi connectivity index (χ4n) is 2.41. The van der Waals surface area contributed by atoms with Crippen LogP contribution >= 0.6 is 23.2 Å². The monoisotopic (exact) mass is 320 g/mol. The Labute approximate surface area is 133 Å². The van der Waals surface area contributed by atoms with Crippen molar-refractivity contribution in [3.8, 4) is 11.4 Å². The molecular formula is C16H14Cl2N2O. The number of methoxy groups -OCH3 is 1. The van der Waals surface area contributed by atoms with Crippen LogP contribution < -0.4 is 4.74 Å². The van der Waals surface area contributed by atoms with Gasteiger partial charge < -0.3 is 4.74 Å². The number of aromatic nitrogens is 2. The zero-order valence-corrected chi connectivity index (χ0v) is 13.0. The van der Waals surface area contributed by atoms with Gasteiger partial charge in [0.15, 0.2) is 0 Å². The molecular weight excluding hydrogens is 307 g/mol. The van der Waals surface area contributed by atoms with Gasteiger partial charge in [0.25, 0.3) is 0 Å². The predicted molar refractivity (Wildman–Crippen MR) is 87.1 cm³/mol. The van der Waals surface area contributed by atoms with Crippen molar-refractivity contribution in [2.24, 2.45) is 0 Å². The van der Waals surface area contributed by atoms with Crippen molar-refractivity contribution >= 4 is 34.2 Å². The average Bonchev–Trinajstić information content (AvgIpc) is 2.85. The fourth-order valence-corrected chi connectivity index (χ4v) is 2.83. The van der Waals surface area contributed by atoms with Gasteiger partial charge in [0.05, 0.1) is 23.2 Å². The third kappa shape index (κ3) is 2.59. The van der Waals surface area contributed by atoms with Gasteiger partial charge in [-0.05, 0) is 30.3 Å². The first-order valence-electron chi connectivity index (χ1n) is 6.61. The van der Waals surface area contributed by atoms with Crippen molar-refractivity contribution in [1.29, 1.82) is 0 Å². The number of ether oxygens (including phenoxy) is 1. The highest BCUT2D eigenvalue weighted by Crippen LogP contribution is 2.29. The molecule has 0 fully saturated rings. The summed E-state index contributed by atoms with van der Waals surface area (Å²) in [6.07, 6.45) is 0.694. The van der Waals surface area contributed by atoms with E-state index in [0.717, 1.165) is 22.5 Å². The Morgan fingerprint density at radius 1 is 1.19 bits per heavy atom. The molecule has 5 heteroatoms. The van der Waals surface area contributed by atoms with Crippen LogP contribution in [-0.2, 0) is 6.42 Å². The highest BCUT2D eigenvalue weighted by Gasteiger charge is 2.13. The number of halogens is 2. The molecule has 0 amide bonds. The van der Waals surface area contributed by atoms with Crippen LogP contribution in [0.1, 0.15) is 5.82 Å². The molecule has 0 radical (unpaired) electrons. The minimum Gasteiger partial charge on any atom is -0.495 e. The smallest absolute Gasteiger partial charge is 0.137 e. The number of hydrogen-bond donors (Lipinski definition) is 0. The SMILES string of the molecule is COc1ccc(-n2c(CCCl)nc3ccccc32)cc1Cl. The lowest BCUT2D eigenvalue weighted by Gasteiger charge is -2.11. The van der Waals surface area contributed by atoms with Crippen molar-refractivity contribution in [2.75, 3.05) is 13.0 Å². The molecule has 0 aliphatic rings. The van der Waals surface area contributed by atoms with Gasteiger partial charge in [-0.15, -0.1) is 11.6 Å². The van der Waals surface area contributed by atoms with Crippen LogP contribution in [0, 0.1) is 0 Å². The number of imidazole rings is 1. The molecule has 0 unspecified atom stereocenters. The van der Waals surface area contributed by atoms with Gasteiger partial charge in [0.2, 0.25) is 0 Å². The molecule has 0 saturated heterocycles. The molecule has 0 atom stereocenters. The molecule has 0 aliphatic heterocycles. The Bertz CT molecular complexity index is 783. The topological polar surface area (TPSA) is 27.1 Å². The maximum absolute atomic E-state index is 6.24. The first kappa shape index (κ1) is 14.2. The fraction of sp³-hybridized carbons (Fsp3) is 0.188. The molecule has 3 rings (SSSR count). The standard InChI is InChI=1S/C16H14Cl2N2O/c1-21-15-7-6-11(10-12(15)18)20-14-5-3-2-4-13(14)19-16(20)8-9-17/h2-7,10H,8-9H2,1H3. The van der Waals surface area contributed by atoms with Crippen LogP contribution in [0.4, 0.5) is 0 Å². The molecule has 3 aromatic rings. The number of fused-ring (bicyclic) bond motifs is 1. The Balaban J connectivity index is 2.22. The van der Waals surface area contributed by atoms with Crippen molar-refractivity contribution in [2.45, 2.75) is 6.42 Å². The number of hydrogen-bond acceptors (Lipinski definition) is 2. The molecule has 0 spiro atoms. The summed E-state index contributed by atoms with van der Waals surface area (Å²) in [5.74, 6) is 2.10. The van der Waals surface area contributed by atoms with Crippen LogP contribution in [0.3, 0.4) is 0 Å². The van der Waals surface area contributed by atoms with Crippen molar-refractivity contribution < 1.29 is 4.74 Å². The van der Waals surface area contributed by atoms with Crippen molar-refractivity contribution in [1.82, 2.24) is 9.55 Å². The number of nitrogens with zero attached hydrogens (tertiary/aromatic N) is 2. The number of rotatable bonds is 4. The minimum absolute atomic E-state index is 0.521. The van der Waals surface area contributed by atoms with E-state index in [-0.39, 0.29) is 0 Å². The number of aryl methyl sites for hydroxylation is 1. The summed E-state index contributed by atoms with van der Waals surface area (Å²) in [6.45, 7) is 0. The zero-order chi connectivity index (χ0) is 14.8. The molecule has 108 valence electrons. The summed E-state index contributed by atoms with van der Waals surface area (Å²) < 4.78 is 7.29. The van der Waals surface area contributed by atoms with Gasteiger partial charge in [-0.2, -0.15) is 0 Å². The van der Waals surface area contributed by atoms with E-state index in [1.165, 1.54) is 0 Å². The van der Waals surface area contributed by atoms with Crippen LogP contribution in [-0.4, -0.2) is 22.5 Å². The lowest BCUT2D eigenvalue weighted by molar-refractivity contribution is 0.415. The molecule has 0 saturated carbocycles. The maximum atomic E-state index is 6.24. The Hall–Kier alpha value is -1.71. The van der Waals surface area contributed by atoms with Gasteiger partial charge in [-0.1, -0.05) is 23.7 Å². The maximum Gasteiger partial charge on any atom is 0.137 e. The van der Waals surface area contributed by atoms with Gasteiger partial charge in [-0.3, -0.25) is 4.57 Å². The highest BCUT2D eigenvalue weighted by molar-refractivity contribution is 6.32. The number of benzene rings is 2. The van der Waals surface area contributed by atoms with Crippen molar-refractivity contribution in [3.63, 3.8) is 0 Å². The molecule has 1 aromatic heterocycles. The summed E-state index contributed by atoms with van der Waals surface area (Å²) in [6, 6.07) is 13.7. The summed E-state index contributed by atoms with van der Waals surface area (Å²) in [4.78, 5) is 4.66. The first-order chi connectivity index (χ1) is 10.2. The molecule has 21 heavy (non-hydrogen) atoms. The second kappa shape index (κ2) is 5.96. The summed E-state index contributed by atoms with van der Waals surface area (Å²) in [5.41, 5.74) is 2.94. The Morgan fingerprint density at radius 3 is 2.71 bits per heavy atom. The molecule has 0 N–H and O–H groups in total. The first-order valence-corrected chi connectivity index (χ1v) is 7.52. The molecule has 2 aromatic carbocycles. The minimum atomic E-state index is 0.521. The molecule has 0 aliphatic carbocycles. The normalized spacial score (nSPS) is 11.0. The highest BCUT2D eigenvalue weighted by atomic mass is 35.5. The summed E-state index contributed by atoms with van der Waals surface area (Å²) >= 11 is 12.1. The lowest BCUT2D eigenvalue weighted by Crippen LogP contribution is -2.02. The third-order valence-electron chi connectivity index (χ3n) is 3.34. The van der Waals surface area contributed by atoms with Crippen molar-refractivity contribution in [3.05, 3.63) is 53.3 Å². The summed E-state index contributed by atoms with van der Waals surface area (Å²) in [7, 11) is 1.60. The Kier molecular flexibility index (Phi) is 4.04. The molecule has 3 nitrogen and oxygen atoms in total. The van der Waals surface area contributed by atoms with Crippen LogP contribution in [0.15, 0.2) is 42.5 Å². The second-order valence-corrected chi connectivity index (χ2v) is 5.40. The lowest BCUT2D eigenvalue weighted by atomic mass is 10.2. The van der Waals surface area contributed by atoms with E-state index in [2.05, 4.69) is 9.55 Å². The van der Waals surface area contributed by atoms with E-state index in [1.807, 2.05) is 42.5 Å². The Morgan fingerprint density at radius 2 is 2.00 bits per heavy atom. The zero-order valence-electron chi connectivity index (χ0n) is 11.5. The van der Waals surface area contributed by atoms with Crippen LogP contribution in [0.25, 0.3) is 16.7 Å². The van der Waals surface area contributed by atoms with Gasteiger partial charge in [-0.25, -0.2) is 4.98 Å². The average molecular weight is 321 g/mol. The van der Waals surface area contributed by atoms with Gasteiger partial charge in [0.1, 0.15) is 11.6 Å².